The van der Waals surface area contributed by atoms with Crippen LogP contribution in [0.1, 0.15) is 32.8 Å². The highest BCUT2D eigenvalue weighted by Crippen LogP contribution is 2.28. The van der Waals surface area contributed by atoms with E-state index in [2.05, 4.69) is 29.8 Å². The molecule has 132 valence electrons. The molecule has 0 saturated carbocycles. The monoisotopic (exact) mass is 435 g/mol. The van der Waals surface area contributed by atoms with E-state index in [1.54, 1.807) is 7.11 Å². The molecule has 0 atom stereocenters. The van der Waals surface area contributed by atoms with Gasteiger partial charge in [-0.25, -0.2) is 0 Å². The van der Waals surface area contributed by atoms with Crippen molar-refractivity contribution in [1.29, 1.82) is 0 Å². The summed E-state index contributed by atoms with van der Waals surface area (Å²) in [7, 11) is 1.65. The number of methoxy groups -OCH3 is 1. The summed E-state index contributed by atoms with van der Waals surface area (Å²) in [6.45, 7) is 9.28. The molecule has 1 aromatic rings. The van der Waals surface area contributed by atoms with Crippen LogP contribution in [0.3, 0.4) is 0 Å². The first kappa shape index (κ1) is 21.8. The molecule has 23 heavy (non-hydrogen) atoms. The van der Waals surface area contributed by atoms with Crippen LogP contribution >= 0.6 is 24.0 Å². The molecule has 0 amide bonds. The highest BCUT2D eigenvalue weighted by Gasteiger charge is 2.05. The molecule has 0 radical (unpaired) electrons. The smallest absolute Gasteiger partial charge is 0.191 e. The Hall–Kier alpha value is -1.18. The van der Waals surface area contributed by atoms with Crippen molar-refractivity contribution in [2.45, 2.75) is 33.6 Å². The Kier molecular flexibility index (Phi) is 11.6. The Balaban J connectivity index is 0.00000484. The Morgan fingerprint density at radius 3 is 2.43 bits per heavy atom. The quantitative estimate of drug-likeness (QED) is 0.280. The van der Waals surface area contributed by atoms with Crippen LogP contribution in [-0.4, -0.2) is 44.2 Å². The molecule has 0 bridgehead atoms. The lowest BCUT2D eigenvalue weighted by atomic mass is 10.1. The Labute approximate surface area is 157 Å². The number of guanidine groups is 1. The number of aryl methyl sites for hydroxylation is 1. The van der Waals surface area contributed by atoms with E-state index >= 15 is 0 Å². The van der Waals surface area contributed by atoms with Gasteiger partial charge in [0, 0.05) is 19.6 Å². The van der Waals surface area contributed by atoms with Crippen LogP contribution in [0.25, 0.3) is 0 Å². The third-order valence-electron chi connectivity index (χ3n) is 3.51. The van der Waals surface area contributed by atoms with Gasteiger partial charge in [0.2, 0.25) is 0 Å². The van der Waals surface area contributed by atoms with E-state index in [9.17, 15) is 0 Å². The van der Waals surface area contributed by atoms with Gasteiger partial charge in [0.1, 0.15) is 0 Å². The predicted octanol–water partition coefficient (Wildman–Crippen LogP) is 3.30. The predicted molar refractivity (Wildman–Crippen MR) is 107 cm³/mol. The zero-order valence-electron chi connectivity index (χ0n) is 14.7. The Morgan fingerprint density at radius 2 is 1.87 bits per heavy atom. The van der Waals surface area contributed by atoms with Crippen LogP contribution in [-0.2, 0) is 6.42 Å². The Bertz CT molecular complexity index is 477. The third kappa shape index (κ3) is 7.28. The molecule has 0 heterocycles. The summed E-state index contributed by atoms with van der Waals surface area (Å²) in [5.41, 5.74) is 7.18. The molecule has 1 rings (SSSR count). The number of hydrogen-bond donors (Lipinski definition) is 1. The Morgan fingerprint density at radius 1 is 1.17 bits per heavy atom. The van der Waals surface area contributed by atoms with Gasteiger partial charge in [0.05, 0.1) is 13.7 Å². The van der Waals surface area contributed by atoms with E-state index in [1.807, 2.05) is 19.1 Å². The number of benzene rings is 1. The molecular weight excluding hydrogens is 405 g/mol. The average Bonchev–Trinajstić information content (AvgIpc) is 2.53. The van der Waals surface area contributed by atoms with Crippen molar-refractivity contribution in [3.05, 3.63) is 23.8 Å². The topological polar surface area (TPSA) is 60.1 Å². The maximum Gasteiger partial charge on any atom is 0.191 e. The van der Waals surface area contributed by atoms with Crippen molar-refractivity contribution in [1.82, 2.24) is 4.90 Å². The fraction of sp³-hybridized carbons (Fsp3) is 0.588. The van der Waals surface area contributed by atoms with Crippen LogP contribution in [0.2, 0.25) is 0 Å². The lowest BCUT2D eigenvalue weighted by molar-refractivity contribution is 0.310. The van der Waals surface area contributed by atoms with Gasteiger partial charge in [-0.2, -0.15) is 0 Å². The van der Waals surface area contributed by atoms with Crippen LogP contribution in [0.4, 0.5) is 0 Å². The lowest BCUT2D eigenvalue weighted by Gasteiger charge is -2.19. The highest BCUT2D eigenvalue weighted by atomic mass is 127. The fourth-order valence-electron chi connectivity index (χ4n) is 2.27. The summed E-state index contributed by atoms with van der Waals surface area (Å²) in [6, 6.07) is 6.06. The van der Waals surface area contributed by atoms with Crippen molar-refractivity contribution in [2.24, 2.45) is 10.7 Å². The van der Waals surface area contributed by atoms with Crippen molar-refractivity contribution >= 4 is 29.9 Å². The number of rotatable bonds is 9. The van der Waals surface area contributed by atoms with Crippen LogP contribution in [0.5, 0.6) is 11.5 Å². The van der Waals surface area contributed by atoms with E-state index < -0.39 is 0 Å². The summed E-state index contributed by atoms with van der Waals surface area (Å²) >= 11 is 0. The molecule has 5 nitrogen and oxygen atoms in total. The first-order valence-electron chi connectivity index (χ1n) is 8.00. The molecule has 0 aliphatic rings. The molecule has 2 N–H and O–H groups in total. The summed E-state index contributed by atoms with van der Waals surface area (Å²) in [6.07, 6.45) is 1.90. The van der Waals surface area contributed by atoms with Crippen LogP contribution in [0, 0.1) is 0 Å². The number of nitrogens with zero attached hydrogens (tertiary/aromatic N) is 2. The van der Waals surface area contributed by atoms with Crippen LogP contribution < -0.4 is 15.2 Å². The van der Waals surface area contributed by atoms with Crippen molar-refractivity contribution in [3.63, 3.8) is 0 Å². The summed E-state index contributed by atoms with van der Waals surface area (Å²) in [5, 5.41) is 0. The first-order chi connectivity index (χ1) is 10.7. The highest BCUT2D eigenvalue weighted by molar-refractivity contribution is 14.0. The zero-order valence-corrected chi connectivity index (χ0v) is 17.0. The van der Waals surface area contributed by atoms with Crippen LogP contribution in [0.15, 0.2) is 23.2 Å². The van der Waals surface area contributed by atoms with E-state index in [1.165, 1.54) is 5.56 Å². The first-order valence-corrected chi connectivity index (χ1v) is 8.00. The van der Waals surface area contributed by atoms with Gasteiger partial charge in [0.25, 0.3) is 0 Å². The number of nitrogens with two attached hydrogens (primary N) is 1. The van der Waals surface area contributed by atoms with Crippen molar-refractivity contribution in [2.75, 3.05) is 33.4 Å². The number of aliphatic imine (C=N–C) groups is 1. The fourth-order valence-corrected chi connectivity index (χ4v) is 2.27. The molecule has 0 aromatic heterocycles. The minimum Gasteiger partial charge on any atom is -0.493 e. The van der Waals surface area contributed by atoms with Crippen molar-refractivity contribution in [3.8, 4) is 11.5 Å². The van der Waals surface area contributed by atoms with E-state index in [0.717, 1.165) is 44.0 Å². The second kappa shape index (κ2) is 12.3. The van der Waals surface area contributed by atoms with Gasteiger partial charge in [-0.1, -0.05) is 6.07 Å². The maximum absolute atomic E-state index is 5.96. The summed E-state index contributed by atoms with van der Waals surface area (Å²) in [4.78, 5) is 6.49. The molecular formula is C17H30IN3O2. The normalized spacial score (nSPS) is 10.9. The average molecular weight is 435 g/mol. The van der Waals surface area contributed by atoms with Gasteiger partial charge >= 0.3 is 0 Å². The second-order valence-electron chi connectivity index (χ2n) is 4.93. The minimum absolute atomic E-state index is 0. The molecule has 0 aliphatic carbocycles. The maximum atomic E-state index is 5.96. The lowest BCUT2D eigenvalue weighted by Crippen LogP contribution is -2.37. The van der Waals surface area contributed by atoms with Gasteiger partial charge in [-0.15, -0.1) is 24.0 Å². The van der Waals surface area contributed by atoms with Gasteiger partial charge in [-0.3, -0.25) is 4.99 Å². The zero-order chi connectivity index (χ0) is 16.4. The molecule has 0 fully saturated rings. The molecule has 0 saturated heterocycles. The second-order valence-corrected chi connectivity index (χ2v) is 4.93. The standard InChI is InChI=1S/C17H29N3O2.HI/c1-5-20(6-2)17(18)19-12-8-9-14-10-11-15(21-4)16(13-14)22-7-3;/h10-11,13H,5-9,12H2,1-4H3,(H2,18,19);1H. The van der Waals surface area contributed by atoms with Gasteiger partial charge < -0.3 is 20.1 Å². The van der Waals surface area contributed by atoms with Crippen molar-refractivity contribution < 1.29 is 9.47 Å². The number of ether oxygens (including phenoxy) is 2. The molecule has 0 unspecified atom stereocenters. The molecule has 0 aliphatic heterocycles. The van der Waals surface area contributed by atoms with E-state index in [-0.39, 0.29) is 24.0 Å². The molecule has 1 aromatic carbocycles. The van der Waals surface area contributed by atoms with Gasteiger partial charge in [0.15, 0.2) is 17.5 Å². The van der Waals surface area contributed by atoms with Gasteiger partial charge in [-0.05, 0) is 51.3 Å². The van der Waals surface area contributed by atoms with E-state index in [4.69, 9.17) is 15.2 Å². The summed E-state index contributed by atoms with van der Waals surface area (Å²) in [5.74, 6) is 2.21. The third-order valence-corrected chi connectivity index (χ3v) is 3.51. The largest absolute Gasteiger partial charge is 0.493 e. The summed E-state index contributed by atoms with van der Waals surface area (Å²) < 4.78 is 10.9. The SMILES string of the molecule is CCOc1cc(CCCN=C(N)N(CC)CC)ccc1OC.I. The molecule has 0 spiro atoms. The number of hydrogen-bond acceptors (Lipinski definition) is 3. The minimum atomic E-state index is 0. The molecule has 6 heteroatoms. The van der Waals surface area contributed by atoms with E-state index in [0.29, 0.717) is 12.6 Å². The number of halogens is 1.